The summed E-state index contributed by atoms with van der Waals surface area (Å²) >= 11 is 0. The fourth-order valence-corrected chi connectivity index (χ4v) is 3.35. The Labute approximate surface area is 112 Å². The molecule has 1 aromatic carbocycles. The van der Waals surface area contributed by atoms with Gasteiger partial charge in [0, 0.05) is 13.1 Å². The van der Waals surface area contributed by atoms with Crippen LogP contribution >= 0.6 is 0 Å². The van der Waals surface area contributed by atoms with Gasteiger partial charge < -0.3 is 4.42 Å². The number of aryl methyl sites for hydroxylation is 1. The molecule has 3 rings (SSSR count). The van der Waals surface area contributed by atoms with Gasteiger partial charge >= 0.3 is 0 Å². The molecular formula is C13H16N2O3S. The van der Waals surface area contributed by atoms with E-state index in [1.165, 1.54) is 10.6 Å². The van der Waals surface area contributed by atoms with Crippen LogP contribution in [0.15, 0.2) is 22.6 Å². The number of oxazole rings is 1. The number of aromatic nitrogens is 1. The SMILES string of the molecule is Cc1ccc2oc(C3CCN(S(C)(=O)=O)C3)nc2c1. The van der Waals surface area contributed by atoms with E-state index in [0.29, 0.717) is 19.0 Å². The van der Waals surface area contributed by atoms with Gasteiger partial charge in [-0.2, -0.15) is 0 Å². The first-order valence-corrected chi connectivity index (χ1v) is 8.10. The van der Waals surface area contributed by atoms with Gasteiger partial charge in [0.25, 0.3) is 0 Å². The van der Waals surface area contributed by atoms with Gasteiger partial charge in [-0.25, -0.2) is 17.7 Å². The van der Waals surface area contributed by atoms with Crippen molar-refractivity contribution in [3.05, 3.63) is 29.7 Å². The molecule has 0 radical (unpaired) electrons. The van der Waals surface area contributed by atoms with Crippen molar-refractivity contribution >= 4 is 21.1 Å². The predicted molar refractivity (Wildman–Crippen MR) is 72.5 cm³/mol. The van der Waals surface area contributed by atoms with Crippen LogP contribution in [-0.4, -0.2) is 37.1 Å². The second-order valence-corrected chi connectivity index (χ2v) is 7.11. The largest absolute Gasteiger partial charge is 0.440 e. The van der Waals surface area contributed by atoms with Crippen LogP contribution in [0.5, 0.6) is 0 Å². The molecule has 1 saturated heterocycles. The Morgan fingerprint density at radius 2 is 2.21 bits per heavy atom. The standard InChI is InChI=1S/C13H16N2O3S/c1-9-3-4-12-11(7-9)14-13(18-12)10-5-6-15(8-10)19(2,16)17/h3-4,7,10H,5-6,8H2,1-2H3. The summed E-state index contributed by atoms with van der Waals surface area (Å²) in [5.74, 6) is 0.703. The Balaban J connectivity index is 1.90. The fraction of sp³-hybridized carbons (Fsp3) is 0.462. The molecule has 1 aromatic heterocycles. The number of fused-ring (bicyclic) bond motifs is 1. The van der Waals surface area contributed by atoms with Crippen molar-refractivity contribution in [1.82, 2.24) is 9.29 Å². The van der Waals surface area contributed by atoms with Crippen LogP contribution in [0.3, 0.4) is 0 Å². The first-order chi connectivity index (χ1) is 8.93. The van der Waals surface area contributed by atoms with Crippen molar-refractivity contribution in [3.8, 4) is 0 Å². The molecule has 5 nitrogen and oxygen atoms in total. The highest BCUT2D eigenvalue weighted by Gasteiger charge is 2.32. The van der Waals surface area contributed by atoms with Gasteiger partial charge in [-0.3, -0.25) is 0 Å². The van der Waals surface area contributed by atoms with E-state index in [-0.39, 0.29) is 5.92 Å². The maximum absolute atomic E-state index is 11.5. The van der Waals surface area contributed by atoms with Crippen molar-refractivity contribution in [2.45, 2.75) is 19.3 Å². The third-order valence-corrected chi connectivity index (χ3v) is 4.80. The van der Waals surface area contributed by atoms with Gasteiger partial charge in [0.15, 0.2) is 11.5 Å². The van der Waals surface area contributed by atoms with Crippen LogP contribution in [0, 0.1) is 6.92 Å². The molecule has 0 saturated carbocycles. The number of benzene rings is 1. The summed E-state index contributed by atoms with van der Waals surface area (Å²) in [7, 11) is -3.12. The van der Waals surface area contributed by atoms with Crippen molar-refractivity contribution in [3.63, 3.8) is 0 Å². The predicted octanol–water partition coefficient (Wildman–Crippen LogP) is 1.89. The minimum Gasteiger partial charge on any atom is -0.440 e. The van der Waals surface area contributed by atoms with Gasteiger partial charge in [0.05, 0.1) is 12.2 Å². The Hall–Kier alpha value is -1.40. The second-order valence-electron chi connectivity index (χ2n) is 5.13. The Bertz CT molecular complexity index is 721. The number of rotatable bonds is 2. The summed E-state index contributed by atoms with van der Waals surface area (Å²) in [5.41, 5.74) is 2.74. The van der Waals surface area contributed by atoms with Gasteiger partial charge in [0.1, 0.15) is 5.52 Å². The molecule has 6 heteroatoms. The molecule has 2 aromatic rings. The number of hydrogen-bond acceptors (Lipinski definition) is 4. The molecule has 2 heterocycles. The van der Waals surface area contributed by atoms with Crippen LogP contribution in [0.4, 0.5) is 0 Å². The van der Waals surface area contributed by atoms with Gasteiger partial charge in [-0.15, -0.1) is 0 Å². The molecule has 0 spiro atoms. The lowest BCUT2D eigenvalue weighted by molar-refractivity contribution is 0.451. The average molecular weight is 280 g/mol. The summed E-state index contributed by atoms with van der Waals surface area (Å²) in [6.07, 6.45) is 2.00. The lowest BCUT2D eigenvalue weighted by Crippen LogP contribution is -2.27. The first-order valence-electron chi connectivity index (χ1n) is 6.26. The lowest BCUT2D eigenvalue weighted by Gasteiger charge is -2.11. The van der Waals surface area contributed by atoms with Crippen molar-refractivity contribution in [2.75, 3.05) is 19.3 Å². The van der Waals surface area contributed by atoms with Gasteiger partial charge in [0.2, 0.25) is 10.0 Å². The van der Waals surface area contributed by atoms with Gasteiger partial charge in [-0.05, 0) is 31.0 Å². The topological polar surface area (TPSA) is 63.4 Å². The second kappa shape index (κ2) is 4.31. The highest BCUT2D eigenvalue weighted by atomic mass is 32.2. The molecule has 19 heavy (non-hydrogen) atoms. The molecule has 0 N–H and O–H groups in total. The van der Waals surface area contributed by atoms with Crippen LogP contribution in [0.25, 0.3) is 11.1 Å². The van der Waals surface area contributed by atoms with E-state index in [2.05, 4.69) is 4.98 Å². The van der Waals surface area contributed by atoms with E-state index in [1.54, 1.807) is 0 Å². The maximum atomic E-state index is 11.5. The molecule has 0 aliphatic carbocycles. The molecule has 1 unspecified atom stereocenters. The summed E-state index contributed by atoms with van der Waals surface area (Å²) in [6, 6.07) is 5.87. The Morgan fingerprint density at radius 1 is 1.42 bits per heavy atom. The third kappa shape index (κ3) is 2.37. The number of hydrogen-bond donors (Lipinski definition) is 0. The van der Waals surface area contributed by atoms with E-state index >= 15 is 0 Å². The van der Waals surface area contributed by atoms with Crippen molar-refractivity contribution in [1.29, 1.82) is 0 Å². The Morgan fingerprint density at radius 3 is 2.89 bits per heavy atom. The zero-order chi connectivity index (χ0) is 13.6. The van der Waals surface area contributed by atoms with Crippen LogP contribution < -0.4 is 0 Å². The normalized spacial score (nSPS) is 21.3. The van der Waals surface area contributed by atoms with Crippen molar-refractivity contribution < 1.29 is 12.8 Å². The molecule has 1 aliphatic heterocycles. The van der Waals surface area contributed by atoms with Crippen LogP contribution in [0.1, 0.15) is 23.8 Å². The average Bonchev–Trinajstić information content (AvgIpc) is 2.92. The highest BCUT2D eigenvalue weighted by molar-refractivity contribution is 7.88. The molecule has 0 bridgehead atoms. The monoisotopic (exact) mass is 280 g/mol. The van der Waals surface area contributed by atoms with E-state index in [1.807, 2.05) is 25.1 Å². The van der Waals surface area contributed by atoms with E-state index in [9.17, 15) is 8.42 Å². The zero-order valence-corrected chi connectivity index (χ0v) is 11.8. The fourth-order valence-electron chi connectivity index (χ4n) is 2.46. The van der Waals surface area contributed by atoms with Crippen molar-refractivity contribution in [2.24, 2.45) is 0 Å². The molecule has 1 atom stereocenters. The molecule has 0 amide bonds. The number of sulfonamides is 1. The van der Waals surface area contributed by atoms with Crippen LogP contribution in [-0.2, 0) is 10.0 Å². The smallest absolute Gasteiger partial charge is 0.211 e. The zero-order valence-electron chi connectivity index (χ0n) is 11.0. The molecule has 1 fully saturated rings. The highest BCUT2D eigenvalue weighted by Crippen LogP contribution is 2.30. The lowest BCUT2D eigenvalue weighted by atomic mass is 10.1. The molecule has 102 valence electrons. The summed E-state index contributed by atoms with van der Waals surface area (Å²) in [6.45, 7) is 3.01. The van der Waals surface area contributed by atoms with Gasteiger partial charge in [-0.1, -0.05) is 6.07 Å². The number of nitrogens with zero attached hydrogens (tertiary/aromatic N) is 2. The third-order valence-electron chi connectivity index (χ3n) is 3.53. The van der Waals surface area contributed by atoms with E-state index < -0.39 is 10.0 Å². The first kappa shape index (κ1) is 12.6. The summed E-state index contributed by atoms with van der Waals surface area (Å²) in [5, 5.41) is 0. The Kier molecular flexibility index (Phi) is 2.87. The summed E-state index contributed by atoms with van der Waals surface area (Å²) in [4.78, 5) is 4.48. The molecular weight excluding hydrogens is 264 g/mol. The quantitative estimate of drug-likeness (QED) is 0.842. The van der Waals surface area contributed by atoms with Crippen LogP contribution in [0.2, 0.25) is 0 Å². The minimum absolute atomic E-state index is 0.0578. The minimum atomic E-state index is -3.12. The van der Waals surface area contributed by atoms with E-state index in [0.717, 1.165) is 23.1 Å². The molecule has 1 aliphatic rings. The summed E-state index contributed by atoms with van der Waals surface area (Å²) < 4.78 is 30.2. The maximum Gasteiger partial charge on any atom is 0.211 e. The van der Waals surface area contributed by atoms with E-state index in [4.69, 9.17) is 4.42 Å².